The van der Waals surface area contributed by atoms with E-state index in [4.69, 9.17) is 4.74 Å². The Morgan fingerprint density at radius 2 is 2.00 bits per heavy atom. The molecule has 1 fully saturated rings. The molecule has 2 rings (SSSR count). The minimum Gasteiger partial charge on any atom is -0.396 e. The Labute approximate surface area is 126 Å². The SMILES string of the molecule is CN(CC(=O)N1CCOCC1)C(CCO)c1ccccc1. The monoisotopic (exact) mass is 292 g/mol. The number of ether oxygens (including phenoxy) is 1. The minimum atomic E-state index is 0.0567. The van der Waals surface area contributed by atoms with Gasteiger partial charge in [-0.3, -0.25) is 9.69 Å². The molecule has 1 N–H and O–H groups in total. The van der Waals surface area contributed by atoms with Crippen molar-refractivity contribution in [1.82, 2.24) is 9.80 Å². The van der Waals surface area contributed by atoms with Gasteiger partial charge in [0, 0.05) is 25.7 Å². The van der Waals surface area contributed by atoms with E-state index in [0.717, 1.165) is 5.56 Å². The van der Waals surface area contributed by atoms with Gasteiger partial charge in [0.2, 0.25) is 5.91 Å². The summed E-state index contributed by atoms with van der Waals surface area (Å²) in [6.07, 6.45) is 0.622. The number of morpholine rings is 1. The molecule has 1 aliphatic heterocycles. The lowest BCUT2D eigenvalue weighted by Gasteiger charge is -2.32. The maximum absolute atomic E-state index is 12.3. The third-order valence-electron chi connectivity index (χ3n) is 3.87. The molecule has 0 aliphatic carbocycles. The first kappa shape index (κ1) is 15.9. The Balaban J connectivity index is 1.98. The zero-order valence-corrected chi connectivity index (χ0v) is 12.6. The van der Waals surface area contributed by atoms with Crippen LogP contribution in [0.4, 0.5) is 0 Å². The van der Waals surface area contributed by atoms with Gasteiger partial charge in [-0.25, -0.2) is 0 Å². The van der Waals surface area contributed by atoms with Crippen molar-refractivity contribution in [3.63, 3.8) is 0 Å². The predicted molar refractivity (Wildman–Crippen MR) is 80.9 cm³/mol. The van der Waals surface area contributed by atoms with Gasteiger partial charge in [0.15, 0.2) is 0 Å². The first-order valence-electron chi connectivity index (χ1n) is 7.44. The van der Waals surface area contributed by atoms with Crippen LogP contribution in [0.2, 0.25) is 0 Å². The van der Waals surface area contributed by atoms with Gasteiger partial charge in [0.05, 0.1) is 19.8 Å². The van der Waals surface area contributed by atoms with E-state index in [9.17, 15) is 9.90 Å². The Morgan fingerprint density at radius 1 is 1.33 bits per heavy atom. The van der Waals surface area contributed by atoms with Gasteiger partial charge in [-0.1, -0.05) is 30.3 Å². The molecule has 1 heterocycles. The molecule has 0 spiro atoms. The van der Waals surface area contributed by atoms with Crippen molar-refractivity contribution >= 4 is 5.91 Å². The summed E-state index contributed by atoms with van der Waals surface area (Å²) in [5.41, 5.74) is 1.13. The Hall–Kier alpha value is -1.43. The highest BCUT2D eigenvalue weighted by atomic mass is 16.5. The predicted octanol–water partition coefficient (Wildman–Crippen LogP) is 0.901. The highest BCUT2D eigenvalue weighted by Crippen LogP contribution is 2.22. The molecule has 0 saturated carbocycles. The topological polar surface area (TPSA) is 53.0 Å². The van der Waals surface area contributed by atoms with Crippen LogP contribution >= 0.6 is 0 Å². The normalized spacial score (nSPS) is 17.0. The molecule has 1 unspecified atom stereocenters. The van der Waals surface area contributed by atoms with Crippen LogP contribution in [0.3, 0.4) is 0 Å². The van der Waals surface area contributed by atoms with Gasteiger partial charge in [-0.2, -0.15) is 0 Å². The molecule has 1 aliphatic rings. The number of carbonyl (C=O) groups excluding carboxylic acids is 1. The summed E-state index contributed by atoms with van der Waals surface area (Å²) in [4.78, 5) is 16.2. The average Bonchev–Trinajstić information content (AvgIpc) is 2.54. The van der Waals surface area contributed by atoms with Crippen LogP contribution in [0, 0.1) is 0 Å². The maximum Gasteiger partial charge on any atom is 0.236 e. The summed E-state index contributed by atoms with van der Waals surface area (Å²) in [6.45, 7) is 3.04. The van der Waals surface area contributed by atoms with Crippen molar-refractivity contribution in [1.29, 1.82) is 0 Å². The van der Waals surface area contributed by atoms with Gasteiger partial charge in [-0.15, -0.1) is 0 Å². The highest BCUT2D eigenvalue weighted by molar-refractivity contribution is 5.78. The lowest BCUT2D eigenvalue weighted by atomic mass is 10.0. The quantitative estimate of drug-likeness (QED) is 0.846. The third kappa shape index (κ3) is 4.52. The van der Waals surface area contributed by atoms with E-state index in [2.05, 4.69) is 0 Å². The number of aliphatic hydroxyl groups excluding tert-OH is 1. The van der Waals surface area contributed by atoms with E-state index in [1.807, 2.05) is 47.2 Å². The van der Waals surface area contributed by atoms with E-state index in [1.54, 1.807) is 0 Å². The molecule has 5 nitrogen and oxygen atoms in total. The molecule has 0 bridgehead atoms. The molecule has 0 radical (unpaired) electrons. The van der Waals surface area contributed by atoms with Crippen LogP contribution in [0.15, 0.2) is 30.3 Å². The largest absolute Gasteiger partial charge is 0.396 e. The summed E-state index contributed by atoms with van der Waals surface area (Å²) in [7, 11) is 1.94. The first-order chi connectivity index (χ1) is 10.2. The Kier molecular flexibility index (Phi) is 6.17. The lowest BCUT2D eigenvalue weighted by molar-refractivity contribution is -0.136. The summed E-state index contributed by atoms with van der Waals surface area (Å²) < 4.78 is 5.27. The molecule has 1 amide bonds. The highest BCUT2D eigenvalue weighted by Gasteiger charge is 2.22. The molecule has 1 aromatic carbocycles. The molecule has 1 atom stereocenters. The fourth-order valence-corrected chi connectivity index (χ4v) is 2.68. The number of rotatable bonds is 6. The number of hydrogen-bond donors (Lipinski definition) is 1. The second-order valence-electron chi connectivity index (χ2n) is 5.35. The van der Waals surface area contributed by atoms with E-state index in [-0.39, 0.29) is 18.6 Å². The summed E-state index contributed by atoms with van der Waals surface area (Å²) in [5, 5.41) is 9.29. The van der Waals surface area contributed by atoms with Crippen molar-refractivity contribution in [2.75, 3.05) is 46.5 Å². The number of amides is 1. The number of carbonyl (C=O) groups is 1. The van der Waals surface area contributed by atoms with E-state index in [0.29, 0.717) is 39.3 Å². The van der Waals surface area contributed by atoms with Crippen LogP contribution in [0.1, 0.15) is 18.0 Å². The molecule has 5 heteroatoms. The Bertz CT molecular complexity index is 432. The van der Waals surface area contributed by atoms with Crippen molar-refractivity contribution < 1.29 is 14.6 Å². The number of hydrogen-bond acceptors (Lipinski definition) is 4. The molecule has 21 heavy (non-hydrogen) atoms. The fourth-order valence-electron chi connectivity index (χ4n) is 2.68. The van der Waals surface area contributed by atoms with Crippen LogP contribution in [0.25, 0.3) is 0 Å². The van der Waals surface area contributed by atoms with Crippen LogP contribution in [-0.2, 0) is 9.53 Å². The van der Waals surface area contributed by atoms with E-state index < -0.39 is 0 Å². The zero-order chi connectivity index (χ0) is 15.1. The van der Waals surface area contributed by atoms with Gasteiger partial charge >= 0.3 is 0 Å². The van der Waals surface area contributed by atoms with Gasteiger partial charge < -0.3 is 14.7 Å². The first-order valence-corrected chi connectivity index (χ1v) is 7.44. The lowest BCUT2D eigenvalue weighted by Crippen LogP contribution is -2.45. The molecule has 0 aromatic heterocycles. The average molecular weight is 292 g/mol. The number of likely N-dealkylation sites (N-methyl/N-ethyl adjacent to an activating group) is 1. The van der Waals surface area contributed by atoms with E-state index >= 15 is 0 Å². The van der Waals surface area contributed by atoms with Gasteiger partial charge in [0.1, 0.15) is 0 Å². The van der Waals surface area contributed by atoms with Crippen LogP contribution in [0.5, 0.6) is 0 Å². The molecule has 1 saturated heterocycles. The minimum absolute atomic E-state index is 0.0567. The second kappa shape index (κ2) is 8.12. The number of nitrogens with zero attached hydrogens (tertiary/aromatic N) is 2. The second-order valence-corrected chi connectivity index (χ2v) is 5.35. The van der Waals surface area contributed by atoms with Crippen molar-refractivity contribution in [2.45, 2.75) is 12.5 Å². The molecule has 116 valence electrons. The maximum atomic E-state index is 12.3. The van der Waals surface area contributed by atoms with Gasteiger partial charge in [-0.05, 0) is 19.0 Å². The van der Waals surface area contributed by atoms with Crippen molar-refractivity contribution in [3.8, 4) is 0 Å². The molecular formula is C16H24N2O3. The van der Waals surface area contributed by atoms with Crippen molar-refractivity contribution in [2.24, 2.45) is 0 Å². The Morgan fingerprint density at radius 3 is 2.62 bits per heavy atom. The standard InChI is InChI=1S/C16H24N2O3/c1-17(13-16(20)18-8-11-21-12-9-18)15(7-10-19)14-5-3-2-4-6-14/h2-6,15,19H,7-13H2,1H3. The molecular weight excluding hydrogens is 268 g/mol. The summed E-state index contributed by atoms with van der Waals surface area (Å²) >= 11 is 0. The fraction of sp³-hybridized carbons (Fsp3) is 0.562. The molecule has 1 aromatic rings. The summed E-state index contributed by atoms with van der Waals surface area (Å²) in [6, 6.07) is 10.1. The van der Waals surface area contributed by atoms with E-state index in [1.165, 1.54) is 0 Å². The van der Waals surface area contributed by atoms with Crippen LogP contribution < -0.4 is 0 Å². The smallest absolute Gasteiger partial charge is 0.236 e. The van der Waals surface area contributed by atoms with Crippen LogP contribution in [-0.4, -0.2) is 67.3 Å². The zero-order valence-electron chi connectivity index (χ0n) is 12.6. The van der Waals surface area contributed by atoms with Crippen molar-refractivity contribution in [3.05, 3.63) is 35.9 Å². The number of benzene rings is 1. The third-order valence-corrected chi connectivity index (χ3v) is 3.87. The number of aliphatic hydroxyl groups is 1. The summed E-state index contributed by atoms with van der Waals surface area (Å²) in [5.74, 6) is 0.125. The van der Waals surface area contributed by atoms with Gasteiger partial charge in [0.25, 0.3) is 0 Å².